The number of nitrogens with zero attached hydrogens (tertiary/aromatic N) is 4. The second kappa shape index (κ2) is 19.4. The fourth-order valence-corrected chi connectivity index (χ4v) is 8.21. The van der Waals surface area contributed by atoms with Crippen LogP contribution < -0.4 is 19.5 Å². The van der Waals surface area contributed by atoms with Gasteiger partial charge >= 0.3 is 5.97 Å². The van der Waals surface area contributed by atoms with E-state index in [1.54, 1.807) is 69.3 Å². The number of para-hydroxylation sites is 1. The van der Waals surface area contributed by atoms with E-state index < -0.39 is 53.6 Å². The molecule has 0 aliphatic heterocycles. The molecule has 0 atom stereocenters. The molecule has 0 fully saturated rings. The Kier molecular flexibility index (Phi) is 14.2. The summed E-state index contributed by atoms with van der Waals surface area (Å²) in [5, 5.41) is 40.9. The number of ether oxygens (including phenoxy) is 3. The van der Waals surface area contributed by atoms with Crippen LogP contribution in [0.15, 0.2) is 146 Å². The molecule has 6 aromatic carbocycles. The molecular weight excluding hydrogens is 877 g/mol. The van der Waals surface area contributed by atoms with Gasteiger partial charge in [0.2, 0.25) is 0 Å². The van der Waals surface area contributed by atoms with Gasteiger partial charge in [0.1, 0.15) is 33.4 Å². The molecule has 0 saturated heterocycles. The third-order valence-electron chi connectivity index (χ3n) is 9.84. The Balaban J connectivity index is 1.12. The average Bonchev–Trinajstić information content (AvgIpc) is 3.23. The van der Waals surface area contributed by atoms with Gasteiger partial charge in [-0.2, -0.15) is 18.6 Å². The predicted molar refractivity (Wildman–Crippen MR) is 247 cm³/mol. The lowest BCUT2D eigenvalue weighted by Gasteiger charge is -2.29. The fraction of sp³-hybridized carbons (Fsp3) is 0.239. The Hall–Kier alpha value is -6.93. The highest BCUT2D eigenvalue weighted by molar-refractivity contribution is 7.92. The largest absolute Gasteiger partial charge is 0.505 e. The minimum absolute atomic E-state index is 0.0179. The third-order valence-corrected chi connectivity index (χ3v) is 12.1. The number of aliphatic carboxylic acids is 1. The molecule has 0 amide bonds. The van der Waals surface area contributed by atoms with E-state index in [-0.39, 0.29) is 34.7 Å². The van der Waals surface area contributed by atoms with Gasteiger partial charge in [0.25, 0.3) is 20.1 Å². The van der Waals surface area contributed by atoms with E-state index in [1.165, 1.54) is 43.5 Å². The van der Waals surface area contributed by atoms with E-state index in [1.807, 2.05) is 44.2 Å². The summed E-state index contributed by atoms with van der Waals surface area (Å²) in [7, 11) is -7.48. The number of anilines is 3. The topological polar surface area (TPSA) is 247 Å². The van der Waals surface area contributed by atoms with E-state index in [9.17, 15) is 31.3 Å². The number of aromatic hydroxyl groups is 1. The number of hydrogen-bond donors (Lipinski definition) is 5. The molecule has 0 aliphatic carbocycles. The number of carboxylic acids is 1. The molecule has 0 radical (unpaired) electrons. The molecule has 6 aromatic rings. The highest BCUT2D eigenvalue weighted by atomic mass is 32.2. The van der Waals surface area contributed by atoms with E-state index >= 15 is 0 Å². The number of methoxy groups -OCH3 is 1. The van der Waals surface area contributed by atoms with Gasteiger partial charge in [0.15, 0.2) is 5.75 Å². The summed E-state index contributed by atoms with van der Waals surface area (Å²) in [6.07, 6.45) is 0.353. The molecule has 19 heteroatoms. The van der Waals surface area contributed by atoms with Crippen LogP contribution >= 0.6 is 0 Å². The molecular formula is C46H48N6O11S2. The fourth-order valence-electron chi connectivity index (χ4n) is 6.49. The maximum absolute atomic E-state index is 13.2. The van der Waals surface area contributed by atoms with Gasteiger partial charge < -0.3 is 29.7 Å². The van der Waals surface area contributed by atoms with Gasteiger partial charge in [-0.05, 0) is 137 Å². The molecule has 0 heterocycles. The summed E-state index contributed by atoms with van der Waals surface area (Å²) in [4.78, 5) is 10.4. The molecule has 0 aliphatic rings. The molecule has 0 spiro atoms. The molecule has 5 N–H and O–H groups in total. The van der Waals surface area contributed by atoms with Crippen molar-refractivity contribution < 1.29 is 50.6 Å². The number of nitrogens with one attached hydrogen (secondary N) is 2. The van der Waals surface area contributed by atoms with Crippen molar-refractivity contribution in [1.82, 2.24) is 0 Å². The van der Waals surface area contributed by atoms with Crippen LogP contribution in [0.4, 0.5) is 39.8 Å². The third kappa shape index (κ3) is 12.6. The lowest BCUT2D eigenvalue weighted by atomic mass is 10.0. The van der Waals surface area contributed by atoms with Crippen molar-refractivity contribution in [1.29, 1.82) is 0 Å². The van der Waals surface area contributed by atoms with Crippen molar-refractivity contribution in [2.24, 2.45) is 20.5 Å². The first-order chi connectivity index (χ1) is 30.6. The van der Waals surface area contributed by atoms with Crippen LogP contribution in [0.25, 0.3) is 10.8 Å². The summed E-state index contributed by atoms with van der Waals surface area (Å²) in [6, 6.07) is 30.7. The van der Waals surface area contributed by atoms with Crippen molar-refractivity contribution >= 4 is 76.7 Å². The van der Waals surface area contributed by atoms with Crippen LogP contribution in [0.1, 0.15) is 46.1 Å². The smallest absolute Gasteiger partial charge is 0.306 e. The molecule has 340 valence electrons. The zero-order valence-corrected chi connectivity index (χ0v) is 37.9. The number of hydrogen-bond acceptors (Lipinski definition) is 14. The van der Waals surface area contributed by atoms with Crippen LogP contribution in [0, 0.1) is 6.92 Å². The Morgan fingerprint density at radius 3 is 2.05 bits per heavy atom. The Morgan fingerprint density at radius 2 is 1.40 bits per heavy atom. The van der Waals surface area contributed by atoms with E-state index in [0.717, 1.165) is 5.69 Å². The standard InChI is InChI=1S/C46H48N6O11S2/c1-29-24-39(50-51-43-41(65(58,59)60)26-30-25-34(16-21-37(30)44(43)55)47-31-10-8-7-9-11-31)40(61-6)27-38(29)49-48-32-14-19-36(20-15-32)64(56,57)52-33-12-17-35(18-13-33)63-45(2,3)22-23-62-46(4,5)28-42(53)54/h7-21,24-27,47,52,55H,22-23,28H2,1-6H3,(H,53,54)(H,58,59,60). The molecule has 17 nitrogen and oxygen atoms in total. The predicted octanol–water partition coefficient (Wildman–Crippen LogP) is 11.3. The maximum Gasteiger partial charge on any atom is 0.306 e. The van der Waals surface area contributed by atoms with Crippen LogP contribution in [0.5, 0.6) is 17.2 Å². The van der Waals surface area contributed by atoms with Gasteiger partial charge in [0, 0.05) is 34.9 Å². The van der Waals surface area contributed by atoms with Gasteiger partial charge in [-0.1, -0.05) is 18.2 Å². The SMILES string of the molecule is COc1cc(N=Nc2ccc(S(=O)(=O)Nc3ccc(OC(C)(C)CCOC(C)(C)CC(=O)O)cc3)cc2)c(C)cc1N=Nc1c(S(=O)(=O)O)cc2cc(Nc3ccccc3)ccc2c1O. The molecule has 6 rings (SSSR count). The van der Waals surface area contributed by atoms with Gasteiger partial charge in [-0.3, -0.25) is 14.1 Å². The highest BCUT2D eigenvalue weighted by Gasteiger charge is 2.26. The molecule has 0 bridgehead atoms. The van der Waals surface area contributed by atoms with Crippen LogP contribution in [-0.4, -0.2) is 62.5 Å². The second-order valence-electron chi connectivity index (χ2n) is 16.1. The number of benzene rings is 6. The number of aryl methyl sites for hydroxylation is 1. The normalized spacial score (nSPS) is 12.5. The molecule has 0 saturated carbocycles. The van der Waals surface area contributed by atoms with Crippen LogP contribution in [-0.2, 0) is 29.7 Å². The van der Waals surface area contributed by atoms with Gasteiger partial charge in [-0.15, -0.1) is 10.2 Å². The summed E-state index contributed by atoms with van der Waals surface area (Å²) in [5.74, 6) is -0.771. The van der Waals surface area contributed by atoms with Crippen LogP contribution in [0.3, 0.4) is 0 Å². The zero-order chi connectivity index (χ0) is 47.2. The molecule has 0 unspecified atom stereocenters. The van der Waals surface area contributed by atoms with Crippen molar-refractivity contribution in [2.75, 3.05) is 23.8 Å². The van der Waals surface area contributed by atoms with Crippen molar-refractivity contribution in [3.05, 3.63) is 121 Å². The Morgan fingerprint density at radius 1 is 0.738 bits per heavy atom. The van der Waals surface area contributed by atoms with E-state index in [2.05, 4.69) is 30.5 Å². The number of phenols is 1. The number of sulfonamides is 1. The molecule has 65 heavy (non-hydrogen) atoms. The first-order valence-electron chi connectivity index (χ1n) is 20.0. The maximum atomic E-state index is 13.2. The van der Waals surface area contributed by atoms with Gasteiger partial charge in [-0.25, -0.2) is 8.42 Å². The van der Waals surface area contributed by atoms with Crippen molar-refractivity contribution in [2.45, 2.75) is 68.5 Å². The number of phenolic OH excluding ortho intramolecular Hbond substituents is 1. The second-order valence-corrected chi connectivity index (χ2v) is 19.2. The minimum Gasteiger partial charge on any atom is -0.505 e. The summed E-state index contributed by atoms with van der Waals surface area (Å²) in [5.41, 5.74) is 1.20. The Bertz CT molecular complexity index is 2980. The number of fused-ring (bicyclic) bond motifs is 1. The lowest BCUT2D eigenvalue weighted by molar-refractivity contribution is -0.144. The summed E-state index contributed by atoms with van der Waals surface area (Å²) in [6.45, 7) is 9.17. The lowest BCUT2D eigenvalue weighted by Crippen LogP contribution is -2.34. The Labute approximate surface area is 376 Å². The number of rotatable bonds is 19. The quantitative estimate of drug-likeness (QED) is 0.0376. The van der Waals surface area contributed by atoms with E-state index in [4.69, 9.17) is 19.3 Å². The monoisotopic (exact) mass is 924 g/mol. The van der Waals surface area contributed by atoms with Crippen LogP contribution in [0.2, 0.25) is 0 Å². The zero-order valence-electron chi connectivity index (χ0n) is 36.3. The average molecular weight is 925 g/mol. The molecule has 0 aromatic heterocycles. The number of azo groups is 2. The summed E-state index contributed by atoms with van der Waals surface area (Å²) < 4.78 is 81.6. The minimum atomic E-state index is -4.87. The highest BCUT2D eigenvalue weighted by Crippen LogP contribution is 2.44. The number of carbonyl (C=O) groups is 1. The van der Waals surface area contributed by atoms with Crippen molar-refractivity contribution in [3.63, 3.8) is 0 Å². The number of carboxylic acid groups (broad SMARTS) is 1. The van der Waals surface area contributed by atoms with E-state index in [0.29, 0.717) is 45.9 Å². The first kappa shape index (κ1) is 47.5. The first-order valence-corrected chi connectivity index (χ1v) is 22.9. The van der Waals surface area contributed by atoms with Gasteiger partial charge in [0.05, 0.1) is 42.0 Å². The summed E-state index contributed by atoms with van der Waals surface area (Å²) >= 11 is 0. The van der Waals surface area contributed by atoms with Crippen molar-refractivity contribution in [3.8, 4) is 17.2 Å².